The molecule has 0 spiro atoms. The van der Waals surface area contributed by atoms with Gasteiger partial charge in [0, 0.05) is 18.3 Å². The Labute approximate surface area is 68.4 Å². The minimum Gasteiger partial charge on any atom is -0.240 e. The van der Waals surface area contributed by atoms with Crippen molar-refractivity contribution in [3.63, 3.8) is 0 Å². The van der Waals surface area contributed by atoms with E-state index in [1.165, 1.54) is 19.3 Å². The van der Waals surface area contributed by atoms with Gasteiger partial charge in [0.15, 0.2) is 0 Å². The summed E-state index contributed by atoms with van der Waals surface area (Å²) in [5, 5.41) is 4.16. The summed E-state index contributed by atoms with van der Waals surface area (Å²) in [6, 6.07) is 0. The minimum absolute atomic E-state index is 0.532. The molecule has 11 heavy (non-hydrogen) atoms. The third-order valence-corrected chi connectivity index (χ3v) is 1.91. The number of nitrogens with zero attached hydrogens (tertiary/aromatic N) is 2. The van der Waals surface area contributed by atoms with Gasteiger partial charge in [0.25, 0.3) is 0 Å². The molecule has 1 heterocycles. The van der Waals surface area contributed by atoms with Crippen molar-refractivity contribution in [3.8, 4) is 0 Å². The zero-order valence-electron chi connectivity index (χ0n) is 7.25. The molecule has 0 amide bonds. The molecule has 0 saturated carbocycles. The van der Waals surface area contributed by atoms with Gasteiger partial charge in [0.05, 0.1) is 0 Å². The van der Waals surface area contributed by atoms with E-state index in [1.54, 1.807) is 12.4 Å². The lowest BCUT2D eigenvalue weighted by Gasteiger charge is -2.08. The highest BCUT2D eigenvalue weighted by atomic mass is 15.0. The molecule has 1 aliphatic heterocycles. The lowest BCUT2D eigenvalue weighted by atomic mass is 10.0. The first-order chi connectivity index (χ1) is 5.34. The van der Waals surface area contributed by atoms with Crippen LogP contribution in [0.1, 0.15) is 33.1 Å². The summed E-state index contributed by atoms with van der Waals surface area (Å²) < 4.78 is 0. The summed E-state index contributed by atoms with van der Waals surface area (Å²) in [5.74, 6) is 1.53. The van der Waals surface area contributed by atoms with Crippen LogP contribution in [0, 0.1) is 5.92 Å². The molecule has 0 aromatic heterocycles. The molecular formula is C9H15N2. The fourth-order valence-corrected chi connectivity index (χ4v) is 1.15. The third kappa shape index (κ3) is 2.37. The van der Waals surface area contributed by atoms with E-state index in [1.807, 2.05) is 0 Å². The maximum Gasteiger partial charge on any atom is 0.131 e. The Hall–Kier alpha value is -0.790. The van der Waals surface area contributed by atoms with Gasteiger partial charge in [-0.15, -0.1) is 0 Å². The molecule has 2 nitrogen and oxygen atoms in total. The average molecular weight is 151 g/mol. The highest BCUT2D eigenvalue weighted by Gasteiger charge is 2.11. The topological polar surface area (TPSA) is 26.5 Å². The Morgan fingerprint density at radius 3 is 2.82 bits per heavy atom. The van der Waals surface area contributed by atoms with Crippen LogP contribution in [0.25, 0.3) is 0 Å². The fraction of sp³-hybridized carbons (Fsp3) is 0.667. The van der Waals surface area contributed by atoms with Crippen LogP contribution in [0.4, 0.5) is 0 Å². The van der Waals surface area contributed by atoms with E-state index in [2.05, 4.69) is 24.2 Å². The number of hydrogen-bond acceptors (Lipinski definition) is 1. The Kier molecular flexibility index (Phi) is 3.14. The molecular weight excluding hydrogens is 136 g/mol. The SMILES string of the molecule is CCCCC(C)C1=NC=C[N]1. The van der Waals surface area contributed by atoms with E-state index in [4.69, 9.17) is 0 Å². The largest absolute Gasteiger partial charge is 0.240 e. The molecule has 0 fully saturated rings. The van der Waals surface area contributed by atoms with Crippen LogP contribution in [-0.2, 0) is 0 Å². The third-order valence-electron chi connectivity index (χ3n) is 1.91. The van der Waals surface area contributed by atoms with E-state index in [-0.39, 0.29) is 0 Å². The summed E-state index contributed by atoms with van der Waals surface area (Å²) in [6.45, 7) is 4.39. The van der Waals surface area contributed by atoms with Crippen LogP contribution >= 0.6 is 0 Å². The quantitative estimate of drug-likeness (QED) is 0.589. The van der Waals surface area contributed by atoms with Crippen molar-refractivity contribution in [2.75, 3.05) is 0 Å². The first-order valence-electron chi connectivity index (χ1n) is 4.28. The molecule has 0 saturated heterocycles. The van der Waals surface area contributed by atoms with Gasteiger partial charge in [-0.3, -0.25) is 0 Å². The second kappa shape index (κ2) is 4.16. The summed E-state index contributed by atoms with van der Waals surface area (Å²) in [5.41, 5.74) is 0. The monoisotopic (exact) mass is 151 g/mol. The Morgan fingerprint density at radius 2 is 2.27 bits per heavy atom. The van der Waals surface area contributed by atoms with E-state index in [0.29, 0.717) is 5.92 Å². The number of unbranched alkanes of at least 4 members (excludes halogenated alkanes) is 1. The van der Waals surface area contributed by atoms with Gasteiger partial charge >= 0.3 is 0 Å². The molecule has 0 aliphatic carbocycles. The standard InChI is InChI=1S/C9H15N2/c1-3-4-5-8(2)9-10-6-7-11-9/h6-8H,3-5H2,1-2H3. The average Bonchev–Trinajstić information content (AvgIpc) is 2.52. The highest BCUT2D eigenvalue weighted by Crippen LogP contribution is 2.11. The fourth-order valence-electron chi connectivity index (χ4n) is 1.15. The van der Waals surface area contributed by atoms with E-state index in [9.17, 15) is 0 Å². The van der Waals surface area contributed by atoms with E-state index < -0.39 is 0 Å². The number of aliphatic imine (C=N–C) groups is 1. The lowest BCUT2D eigenvalue weighted by molar-refractivity contribution is 0.616. The van der Waals surface area contributed by atoms with Gasteiger partial charge in [0.1, 0.15) is 5.84 Å². The highest BCUT2D eigenvalue weighted by molar-refractivity contribution is 5.86. The normalized spacial score (nSPS) is 17.8. The van der Waals surface area contributed by atoms with Crippen molar-refractivity contribution in [2.45, 2.75) is 33.1 Å². The van der Waals surface area contributed by atoms with E-state index >= 15 is 0 Å². The second-order valence-corrected chi connectivity index (χ2v) is 2.96. The number of hydrogen-bond donors (Lipinski definition) is 0. The summed E-state index contributed by atoms with van der Waals surface area (Å²) in [6.07, 6.45) is 7.26. The van der Waals surface area contributed by atoms with Crippen molar-refractivity contribution >= 4 is 5.84 Å². The van der Waals surface area contributed by atoms with Crippen LogP contribution in [0.15, 0.2) is 17.4 Å². The molecule has 0 aromatic carbocycles. The molecule has 1 atom stereocenters. The molecule has 0 N–H and O–H groups in total. The van der Waals surface area contributed by atoms with Gasteiger partial charge in [-0.2, -0.15) is 0 Å². The Bertz CT molecular complexity index is 170. The van der Waals surface area contributed by atoms with Gasteiger partial charge in [-0.25, -0.2) is 10.3 Å². The summed E-state index contributed by atoms with van der Waals surface area (Å²) >= 11 is 0. The molecule has 1 unspecified atom stereocenters. The smallest absolute Gasteiger partial charge is 0.131 e. The lowest BCUT2D eigenvalue weighted by Crippen LogP contribution is -2.16. The summed E-state index contributed by atoms with van der Waals surface area (Å²) in [7, 11) is 0. The zero-order chi connectivity index (χ0) is 8.10. The molecule has 0 bridgehead atoms. The van der Waals surface area contributed by atoms with Crippen LogP contribution in [0.5, 0.6) is 0 Å². The first kappa shape index (κ1) is 8.31. The first-order valence-corrected chi connectivity index (χ1v) is 4.28. The van der Waals surface area contributed by atoms with Crippen molar-refractivity contribution in [1.29, 1.82) is 0 Å². The van der Waals surface area contributed by atoms with E-state index in [0.717, 1.165) is 5.84 Å². The molecule has 1 rings (SSSR count). The summed E-state index contributed by atoms with van der Waals surface area (Å²) in [4.78, 5) is 4.16. The maximum absolute atomic E-state index is 4.16. The predicted octanol–water partition coefficient (Wildman–Crippen LogP) is 2.30. The molecule has 2 heteroatoms. The van der Waals surface area contributed by atoms with Crippen molar-refractivity contribution in [1.82, 2.24) is 5.32 Å². The Balaban J connectivity index is 2.24. The van der Waals surface area contributed by atoms with Crippen molar-refractivity contribution in [2.24, 2.45) is 10.9 Å². The van der Waals surface area contributed by atoms with Crippen LogP contribution in [0.2, 0.25) is 0 Å². The predicted molar refractivity (Wildman–Crippen MR) is 47.4 cm³/mol. The Morgan fingerprint density at radius 1 is 1.45 bits per heavy atom. The molecule has 61 valence electrons. The van der Waals surface area contributed by atoms with Crippen LogP contribution in [-0.4, -0.2) is 5.84 Å². The molecule has 1 radical (unpaired) electrons. The van der Waals surface area contributed by atoms with Gasteiger partial charge in [-0.1, -0.05) is 26.7 Å². The zero-order valence-corrected chi connectivity index (χ0v) is 7.25. The molecule has 0 aromatic rings. The minimum atomic E-state index is 0.532. The number of rotatable bonds is 4. The second-order valence-electron chi connectivity index (χ2n) is 2.96. The van der Waals surface area contributed by atoms with Crippen LogP contribution < -0.4 is 5.32 Å². The van der Waals surface area contributed by atoms with Gasteiger partial charge < -0.3 is 0 Å². The number of amidine groups is 1. The van der Waals surface area contributed by atoms with Crippen LogP contribution in [0.3, 0.4) is 0 Å². The van der Waals surface area contributed by atoms with Crippen molar-refractivity contribution in [3.05, 3.63) is 12.4 Å². The molecule has 1 aliphatic rings. The van der Waals surface area contributed by atoms with Gasteiger partial charge in [-0.05, 0) is 6.42 Å². The maximum atomic E-state index is 4.16. The van der Waals surface area contributed by atoms with Gasteiger partial charge in [0.2, 0.25) is 0 Å². The van der Waals surface area contributed by atoms with Crippen molar-refractivity contribution < 1.29 is 0 Å².